The first-order chi connectivity index (χ1) is 7.92. The molecule has 1 aromatic carbocycles. The third kappa shape index (κ3) is 1.57. The molecule has 3 rings (SSSR count). The van der Waals surface area contributed by atoms with E-state index in [1.807, 2.05) is 0 Å². The lowest BCUT2D eigenvalue weighted by molar-refractivity contribution is 0.416. The van der Waals surface area contributed by atoms with Gasteiger partial charge in [0, 0.05) is 21.9 Å². The van der Waals surface area contributed by atoms with Gasteiger partial charge in [-0.3, -0.25) is 0 Å². The topological polar surface area (TPSA) is 52.0 Å². The van der Waals surface area contributed by atoms with E-state index in [1.165, 1.54) is 0 Å². The molecule has 1 aromatic heterocycles. The van der Waals surface area contributed by atoms with Crippen molar-refractivity contribution in [1.29, 1.82) is 0 Å². The summed E-state index contributed by atoms with van der Waals surface area (Å²) in [7, 11) is 0. The number of para-hydroxylation sites is 1. The lowest BCUT2D eigenvalue weighted by atomic mass is 9.89. The molecule has 3 heteroatoms. The predicted octanol–water partition coefficient (Wildman–Crippen LogP) is 3.07. The zero-order valence-electron chi connectivity index (χ0n) is 10.6. The Morgan fingerprint density at radius 3 is 2.59 bits per heavy atom. The van der Waals surface area contributed by atoms with Crippen LogP contribution in [0.4, 0.5) is 0 Å². The van der Waals surface area contributed by atoms with Crippen LogP contribution in [0.15, 0.2) is 22.7 Å². The number of benzene rings is 1. The van der Waals surface area contributed by atoms with Gasteiger partial charge >= 0.3 is 0 Å². The first-order valence-corrected chi connectivity index (χ1v) is 6.10. The smallest absolute Gasteiger partial charge is 0.172 e. The Labute approximate surface area is 101 Å². The first-order valence-electron chi connectivity index (χ1n) is 6.10. The lowest BCUT2D eigenvalue weighted by Crippen LogP contribution is -2.18. The minimum Gasteiger partial charge on any atom is -0.356 e. The highest BCUT2D eigenvalue weighted by Crippen LogP contribution is 2.46. The molecule has 1 aliphatic carbocycles. The monoisotopic (exact) mass is 230 g/mol. The molecule has 0 aliphatic heterocycles. The first kappa shape index (κ1) is 10.8. The summed E-state index contributed by atoms with van der Waals surface area (Å²) >= 11 is 0. The molecule has 2 aromatic rings. The molecule has 90 valence electrons. The molecule has 0 saturated heterocycles. The summed E-state index contributed by atoms with van der Waals surface area (Å²) in [5.74, 6) is 0. The van der Waals surface area contributed by atoms with Crippen molar-refractivity contribution in [3.05, 3.63) is 29.5 Å². The van der Waals surface area contributed by atoms with E-state index in [4.69, 9.17) is 10.3 Å². The molecule has 1 fully saturated rings. The summed E-state index contributed by atoms with van der Waals surface area (Å²) in [6.45, 7) is 6.44. The van der Waals surface area contributed by atoms with Gasteiger partial charge in [-0.15, -0.1) is 0 Å². The van der Waals surface area contributed by atoms with Crippen LogP contribution >= 0.6 is 0 Å². The molecule has 3 nitrogen and oxygen atoms in total. The van der Waals surface area contributed by atoms with Gasteiger partial charge in [-0.2, -0.15) is 0 Å². The molecule has 0 spiro atoms. The van der Waals surface area contributed by atoms with E-state index in [0.717, 1.165) is 35.1 Å². The highest BCUT2D eigenvalue weighted by Gasteiger charge is 2.42. The number of nitrogens with two attached hydrogens (primary N) is 1. The van der Waals surface area contributed by atoms with Gasteiger partial charge in [-0.1, -0.05) is 38.1 Å². The Morgan fingerprint density at radius 1 is 1.29 bits per heavy atom. The highest BCUT2D eigenvalue weighted by molar-refractivity contribution is 5.84. The van der Waals surface area contributed by atoms with Crippen LogP contribution in [0.3, 0.4) is 0 Å². The van der Waals surface area contributed by atoms with E-state index in [9.17, 15) is 0 Å². The minimum atomic E-state index is -0.172. The van der Waals surface area contributed by atoms with E-state index < -0.39 is 0 Å². The zero-order chi connectivity index (χ0) is 12.3. The van der Waals surface area contributed by atoms with Gasteiger partial charge in [0.25, 0.3) is 0 Å². The summed E-state index contributed by atoms with van der Waals surface area (Å²) < 4.78 is 5.54. The quantitative estimate of drug-likeness (QED) is 0.819. The molecule has 1 aliphatic rings. The van der Waals surface area contributed by atoms with Crippen molar-refractivity contribution in [1.82, 2.24) is 5.16 Å². The van der Waals surface area contributed by atoms with Crippen LogP contribution in [0.2, 0.25) is 0 Å². The molecule has 2 N–H and O–H groups in total. The number of fused-ring (bicyclic) bond motifs is 1. The number of rotatable bonds is 1. The van der Waals surface area contributed by atoms with Gasteiger partial charge in [0.1, 0.15) is 0 Å². The second-order valence-electron chi connectivity index (χ2n) is 6.12. The summed E-state index contributed by atoms with van der Waals surface area (Å²) in [5, 5.41) is 5.34. The predicted molar refractivity (Wildman–Crippen MR) is 67.8 cm³/mol. The molecule has 17 heavy (non-hydrogen) atoms. The standard InChI is InChI=1S/C14H18N2O/c1-13(2,3)12-9-5-4-6-10(11(9)17-16-12)14(15)7-8-14/h4-6H,7-8,15H2,1-3H3. The second-order valence-corrected chi connectivity index (χ2v) is 6.12. The zero-order valence-corrected chi connectivity index (χ0v) is 10.6. The van der Waals surface area contributed by atoms with Crippen LogP contribution in [-0.2, 0) is 11.0 Å². The Kier molecular flexibility index (Phi) is 1.97. The van der Waals surface area contributed by atoms with Gasteiger partial charge in [-0.05, 0) is 18.9 Å². The minimum absolute atomic E-state index is 0.00478. The van der Waals surface area contributed by atoms with E-state index in [1.54, 1.807) is 0 Å². The highest BCUT2D eigenvalue weighted by atomic mass is 16.5. The van der Waals surface area contributed by atoms with E-state index in [0.29, 0.717) is 0 Å². The number of hydrogen-bond donors (Lipinski definition) is 1. The molecule has 0 bridgehead atoms. The van der Waals surface area contributed by atoms with Gasteiger partial charge in [-0.25, -0.2) is 0 Å². The maximum atomic E-state index is 6.26. The van der Waals surface area contributed by atoms with Gasteiger partial charge in [0.2, 0.25) is 0 Å². The van der Waals surface area contributed by atoms with E-state index >= 15 is 0 Å². The molecule has 0 unspecified atom stereocenters. The number of nitrogens with zero attached hydrogens (tertiary/aromatic N) is 1. The van der Waals surface area contributed by atoms with E-state index in [-0.39, 0.29) is 11.0 Å². The van der Waals surface area contributed by atoms with Gasteiger partial charge in [0.05, 0.1) is 5.69 Å². The largest absolute Gasteiger partial charge is 0.356 e. The Morgan fingerprint density at radius 2 is 2.00 bits per heavy atom. The van der Waals surface area contributed by atoms with Gasteiger partial charge in [0.15, 0.2) is 5.58 Å². The average molecular weight is 230 g/mol. The molecular formula is C14H18N2O. The Bertz CT molecular complexity index is 573. The van der Waals surface area contributed by atoms with E-state index in [2.05, 4.69) is 44.1 Å². The molecule has 1 heterocycles. The van der Waals surface area contributed by atoms with Crippen molar-refractivity contribution in [3.8, 4) is 0 Å². The van der Waals surface area contributed by atoms with Crippen molar-refractivity contribution < 1.29 is 4.52 Å². The van der Waals surface area contributed by atoms with Crippen LogP contribution in [0, 0.1) is 0 Å². The van der Waals surface area contributed by atoms with Gasteiger partial charge < -0.3 is 10.3 Å². The summed E-state index contributed by atoms with van der Waals surface area (Å²) in [5.41, 5.74) is 9.08. The van der Waals surface area contributed by atoms with Crippen LogP contribution in [0.1, 0.15) is 44.9 Å². The summed E-state index contributed by atoms with van der Waals surface area (Å²) in [4.78, 5) is 0. The molecule has 0 radical (unpaired) electrons. The van der Waals surface area contributed by atoms with Crippen LogP contribution in [0.5, 0.6) is 0 Å². The second kappa shape index (κ2) is 3.10. The fraction of sp³-hybridized carbons (Fsp3) is 0.500. The molecule has 1 saturated carbocycles. The maximum Gasteiger partial charge on any atom is 0.172 e. The lowest BCUT2D eigenvalue weighted by Gasteiger charge is -2.14. The number of hydrogen-bond acceptors (Lipinski definition) is 3. The summed E-state index contributed by atoms with van der Waals surface area (Å²) in [6, 6.07) is 6.19. The van der Waals surface area contributed by atoms with Crippen molar-refractivity contribution in [2.75, 3.05) is 0 Å². The average Bonchev–Trinajstić information content (AvgIpc) is 2.84. The SMILES string of the molecule is CC(C)(C)c1noc2c(C3(N)CC3)cccc12. The molecule has 0 atom stereocenters. The van der Waals surface area contributed by atoms with Crippen molar-refractivity contribution in [2.24, 2.45) is 5.73 Å². The fourth-order valence-corrected chi connectivity index (χ4v) is 2.30. The van der Waals surface area contributed by atoms with Crippen molar-refractivity contribution in [2.45, 2.75) is 44.6 Å². The molecule has 0 amide bonds. The summed E-state index contributed by atoms with van der Waals surface area (Å²) in [6.07, 6.45) is 2.08. The van der Waals surface area contributed by atoms with Crippen molar-refractivity contribution >= 4 is 11.0 Å². The Hall–Kier alpha value is -1.35. The van der Waals surface area contributed by atoms with Crippen LogP contribution in [-0.4, -0.2) is 5.16 Å². The van der Waals surface area contributed by atoms with Crippen LogP contribution < -0.4 is 5.73 Å². The maximum absolute atomic E-state index is 6.26. The third-order valence-corrected chi connectivity index (χ3v) is 3.53. The van der Waals surface area contributed by atoms with Crippen molar-refractivity contribution in [3.63, 3.8) is 0 Å². The fourth-order valence-electron chi connectivity index (χ4n) is 2.30. The Balaban J connectivity index is 2.26. The van der Waals surface area contributed by atoms with Crippen LogP contribution in [0.25, 0.3) is 11.0 Å². The normalized spacial score (nSPS) is 18.6. The number of aromatic nitrogens is 1. The third-order valence-electron chi connectivity index (χ3n) is 3.53. The molecular weight excluding hydrogens is 212 g/mol.